The largest absolute Gasteiger partial charge is 0.208 e. The minimum Gasteiger partial charge on any atom is -0.208 e. The van der Waals surface area contributed by atoms with E-state index in [4.69, 9.17) is 15.0 Å². The van der Waals surface area contributed by atoms with Crippen LogP contribution in [0.3, 0.4) is 0 Å². The number of nitriles is 1. The molecule has 0 radical (unpaired) electrons. The molecular weight excluding hydrogens is 621 g/mol. The first-order valence-electron chi connectivity index (χ1n) is 17.1. The Bertz CT molecular complexity index is 2590. The molecule has 236 valence electrons. The fourth-order valence-electron chi connectivity index (χ4n) is 8.13. The van der Waals surface area contributed by atoms with Crippen molar-refractivity contribution in [1.82, 2.24) is 15.0 Å². The minimum atomic E-state index is -0.548. The first-order valence-corrected chi connectivity index (χ1v) is 17.1. The van der Waals surface area contributed by atoms with E-state index in [1.807, 2.05) is 84.9 Å². The predicted molar refractivity (Wildman–Crippen MR) is 203 cm³/mol. The standard InChI is InChI=1S/C47H28N4/c48-29-30-19-21-31(22-20-30)34-23-25-38-39-26-24-35(46-50-44(32-11-3-1-4-12-32)49-45(51-46)33-13-5-2-6-14-33)28-43(39)47(42(38)27-34)40-17-9-7-15-36(40)37-16-8-10-18-41(37)47/h1-28H. The van der Waals surface area contributed by atoms with Gasteiger partial charge in [-0.15, -0.1) is 0 Å². The molecule has 1 spiro atoms. The summed E-state index contributed by atoms with van der Waals surface area (Å²) in [5.41, 5.74) is 15.0. The third-order valence-corrected chi connectivity index (χ3v) is 10.4. The molecular formula is C47H28N4. The Morgan fingerprint density at radius 2 is 0.765 bits per heavy atom. The molecule has 4 heteroatoms. The molecule has 10 rings (SSSR count). The van der Waals surface area contributed by atoms with Crippen LogP contribution in [0, 0.1) is 11.3 Å². The molecule has 0 fully saturated rings. The summed E-state index contributed by atoms with van der Waals surface area (Å²) in [5, 5.41) is 9.44. The molecule has 0 saturated carbocycles. The van der Waals surface area contributed by atoms with E-state index in [9.17, 15) is 5.26 Å². The molecule has 1 aromatic heterocycles. The molecule has 2 aliphatic rings. The van der Waals surface area contributed by atoms with E-state index >= 15 is 0 Å². The molecule has 7 aromatic carbocycles. The highest BCUT2D eigenvalue weighted by molar-refractivity contribution is 5.96. The van der Waals surface area contributed by atoms with E-state index in [-0.39, 0.29) is 0 Å². The lowest BCUT2D eigenvalue weighted by Crippen LogP contribution is -2.26. The molecule has 0 unspecified atom stereocenters. The maximum Gasteiger partial charge on any atom is 0.164 e. The van der Waals surface area contributed by atoms with Crippen LogP contribution in [0.4, 0.5) is 0 Å². The molecule has 0 atom stereocenters. The number of rotatable bonds is 4. The minimum absolute atomic E-state index is 0.548. The van der Waals surface area contributed by atoms with Gasteiger partial charge in [0.25, 0.3) is 0 Å². The lowest BCUT2D eigenvalue weighted by Gasteiger charge is -2.31. The van der Waals surface area contributed by atoms with Gasteiger partial charge in [-0.25, -0.2) is 15.0 Å². The van der Waals surface area contributed by atoms with Crippen molar-refractivity contribution in [2.75, 3.05) is 0 Å². The zero-order valence-corrected chi connectivity index (χ0v) is 27.5. The van der Waals surface area contributed by atoms with Crippen molar-refractivity contribution in [2.24, 2.45) is 0 Å². The van der Waals surface area contributed by atoms with Crippen LogP contribution in [0.15, 0.2) is 170 Å². The average molecular weight is 649 g/mol. The monoisotopic (exact) mass is 648 g/mol. The number of aromatic nitrogens is 3. The zero-order chi connectivity index (χ0) is 33.9. The summed E-state index contributed by atoms with van der Waals surface area (Å²) in [6.07, 6.45) is 0. The zero-order valence-electron chi connectivity index (χ0n) is 27.5. The van der Waals surface area contributed by atoms with Crippen LogP contribution in [0.25, 0.3) is 67.5 Å². The molecule has 0 saturated heterocycles. The summed E-state index contributed by atoms with van der Waals surface area (Å²) in [4.78, 5) is 15.1. The molecule has 0 aliphatic heterocycles. The number of hydrogen-bond donors (Lipinski definition) is 0. The molecule has 51 heavy (non-hydrogen) atoms. The Kier molecular flexibility index (Phi) is 6.43. The van der Waals surface area contributed by atoms with E-state index < -0.39 is 5.41 Å². The van der Waals surface area contributed by atoms with E-state index in [0.717, 1.165) is 27.8 Å². The predicted octanol–water partition coefficient (Wildman–Crippen LogP) is 10.8. The normalized spacial score (nSPS) is 12.8. The SMILES string of the molecule is N#Cc1ccc(-c2ccc3c(c2)C2(c4ccccc4-c4ccccc42)c2cc(-c4nc(-c5ccccc5)nc(-c5ccccc5)n4)ccc2-3)cc1. The van der Waals surface area contributed by atoms with Crippen molar-refractivity contribution < 1.29 is 0 Å². The highest BCUT2D eigenvalue weighted by Crippen LogP contribution is 2.63. The summed E-state index contributed by atoms with van der Waals surface area (Å²) < 4.78 is 0. The number of benzene rings is 7. The number of nitrogens with zero attached hydrogens (tertiary/aromatic N) is 4. The van der Waals surface area contributed by atoms with Crippen LogP contribution < -0.4 is 0 Å². The Morgan fingerprint density at radius 3 is 1.29 bits per heavy atom. The van der Waals surface area contributed by atoms with Gasteiger partial charge in [0.15, 0.2) is 17.5 Å². The van der Waals surface area contributed by atoms with Gasteiger partial charge in [-0.05, 0) is 79.9 Å². The second-order valence-electron chi connectivity index (χ2n) is 13.1. The summed E-state index contributed by atoms with van der Waals surface area (Å²) >= 11 is 0. The van der Waals surface area contributed by atoms with Gasteiger partial charge in [0.05, 0.1) is 17.0 Å². The second kappa shape index (κ2) is 11.3. The van der Waals surface area contributed by atoms with Crippen LogP contribution in [-0.4, -0.2) is 15.0 Å². The van der Waals surface area contributed by atoms with E-state index in [1.165, 1.54) is 44.5 Å². The summed E-state index contributed by atoms with van der Waals surface area (Å²) in [5.74, 6) is 1.91. The summed E-state index contributed by atoms with van der Waals surface area (Å²) in [6, 6.07) is 61.5. The number of hydrogen-bond acceptors (Lipinski definition) is 4. The van der Waals surface area contributed by atoms with Gasteiger partial charge < -0.3 is 0 Å². The third-order valence-electron chi connectivity index (χ3n) is 10.4. The van der Waals surface area contributed by atoms with Crippen molar-refractivity contribution >= 4 is 0 Å². The second-order valence-corrected chi connectivity index (χ2v) is 13.1. The molecule has 4 nitrogen and oxygen atoms in total. The van der Waals surface area contributed by atoms with Crippen molar-refractivity contribution in [2.45, 2.75) is 5.41 Å². The summed E-state index contributed by atoms with van der Waals surface area (Å²) in [6.45, 7) is 0. The fourth-order valence-corrected chi connectivity index (χ4v) is 8.13. The van der Waals surface area contributed by atoms with Gasteiger partial charge >= 0.3 is 0 Å². The van der Waals surface area contributed by atoms with E-state index in [2.05, 4.69) is 91.0 Å². The van der Waals surface area contributed by atoms with Gasteiger partial charge in [-0.1, -0.05) is 146 Å². The summed E-state index contributed by atoms with van der Waals surface area (Å²) in [7, 11) is 0. The van der Waals surface area contributed by atoms with Crippen LogP contribution >= 0.6 is 0 Å². The topological polar surface area (TPSA) is 62.5 Å². The first-order chi connectivity index (χ1) is 25.2. The smallest absolute Gasteiger partial charge is 0.164 e. The van der Waals surface area contributed by atoms with Crippen molar-refractivity contribution in [1.29, 1.82) is 5.26 Å². The van der Waals surface area contributed by atoms with Crippen LogP contribution in [0.1, 0.15) is 27.8 Å². The quantitative estimate of drug-likeness (QED) is 0.191. The highest BCUT2D eigenvalue weighted by Gasteiger charge is 2.51. The van der Waals surface area contributed by atoms with E-state index in [1.54, 1.807) is 0 Å². The van der Waals surface area contributed by atoms with Crippen molar-refractivity contribution in [3.63, 3.8) is 0 Å². The Morgan fingerprint density at radius 1 is 0.353 bits per heavy atom. The van der Waals surface area contributed by atoms with Gasteiger partial charge in [0, 0.05) is 16.7 Å². The van der Waals surface area contributed by atoms with Crippen LogP contribution in [-0.2, 0) is 5.41 Å². The van der Waals surface area contributed by atoms with Gasteiger partial charge in [-0.2, -0.15) is 5.26 Å². The van der Waals surface area contributed by atoms with Gasteiger partial charge in [0.1, 0.15) is 0 Å². The van der Waals surface area contributed by atoms with Crippen molar-refractivity contribution in [3.05, 3.63) is 198 Å². The van der Waals surface area contributed by atoms with E-state index in [0.29, 0.717) is 23.0 Å². The van der Waals surface area contributed by atoms with Crippen LogP contribution in [0.5, 0.6) is 0 Å². The Labute approximate surface area is 296 Å². The fraction of sp³-hybridized carbons (Fsp3) is 0.0213. The number of fused-ring (bicyclic) bond motifs is 10. The lowest BCUT2D eigenvalue weighted by atomic mass is 9.70. The molecule has 1 heterocycles. The van der Waals surface area contributed by atoms with Crippen LogP contribution in [0.2, 0.25) is 0 Å². The molecule has 0 amide bonds. The third kappa shape index (κ3) is 4.35. The van der Waals surface area contributed by atoms with Gasteiger partial charge in [0.2, 0.25) is 0 Å². The maximum atomic E-state index is 9.44. The van der Waals surface area contributed by atoms with Crippen molar-refractivity contribution in [3.8, 4) is 73.6 Å². The maximum absolute atomic E-state index is 9.44. The first kappa shape index (κ1) is 29.0. The lowest BCUT2D eigenvalue weighted by molar-refractivity contribution is 0.794. The Balaban J connectivity index is 1.24. The average Bonchev–Trinajstić information content (AvgIpc) is 3.68. The molecule has 0 bridgehead atoms. The molecule has 8 aromatic rings. The highest BCUT2D eigenvalue weighted by atomic mass is 15.0. The Hall–Kier alpha value is -6.96. The van der Waals surface area contributed by atoms with Gasteiger partial charge in [-0.3, -0.25) is 0 Å². The molecule has 2 aliphatic carbocycles. The molecule has 0 N–H and O–H groups in total.